The first-order valence-corrected chi connectivity index (χ1v) is 17.6. The predicted molar refractivity (Wildman–Crippen MR) is 225 cm³/mol. The highest BCUT2D eigenvalue weighted by atomic mass is 15.1. The third-order valence-corrected chi connectivity index (χ3v) is 8.33. The summed E-state index contributed by atoms with van der Waals surface area (Å²) in [5.74, 6) is 0. The molecule has 6 rings (SSSR count). The van der Waals surface area contributed by atoms with Crippen LogP contribution in [0.25, 0.3) is 16.3 Å². The molecule has 0 atom stereocenters. The second kappa shape index (κ2) is 21.5. The van der Waals surface area contributed by atoms with Gasteiger partial charge < -0.3 is 4.90 Å². The van der Waals surface area contributed by atoms with E-state index in [9.17, 15) is 0 Å². The monoisotopic (exact) mass is 657 g/mol. The van der Waals surface area contributed by atoms with E-state index in [2.05, 4.69) is 185 Å². The first-order chi connectivity index (χ1) is 24.3. The fraction of sp³-hybridized carbons (Fsp3) is 0.184. The Labute approximate surface area is 303 Å². The normalized spacial score (nSPS) is 12.2. The summed E-state index contributed by atoms with van der Waals surface area (Å²) in [4.78, 5) is 2.35. The summed E-state index contributed by atoms with van der Waals surface area (Å²) in [6.07, 6.45) is 16.0. The Morgan fingerprint density at radius 1 is 0.680 bits per heavy atom. The molecule has 0 aromatic heterocycles. The van der Waals surface area contributed by atoms with Gasteiger partial charge in [0, 0.05) is 16.8 Å². The first kappa shape index (κ1) is 39.0. The molecule has 5 aromatic carbocycles. The molecule has 0 unspecified atom stereocenters. The van der Waals surface area contributed by atoms with Crippen molar-refractivity contribution in [3.63, 3.8) is 0 Å². The van der Waals surface area contributed by atoms with E-state index < -0.39 is 0 Å². The Morgan fingerprint density at radius 2 is 1.26 bits per heavy atom. The largest absolute Gasteiger partial charge is 0.310 e. The summed E-state index contributed by atoms with van der Waals surface area (Å²) in [6, 6.07) is 45.0. The molecule has 0 bridgehead atoms. The Kier molecular flexibility index (Phi) is 16.8. The summed E-state index contributed by atoms with van der Waals surface area (Å²) in [7, 11) is 0. The maximum atomic E-state index is 3.56. The van der Waals surface area contributed by atoms with E-state index in [-0.39, 0.29) is 0 Å². The molecule has 256 valence electrons. The molecule has 0 radical (unpaired) electrons. The van der Waals surface area contributed by atoms with Gasteiger partial charge in [-0.05, 0) is 108 Å². The molecule has 0 fully saturated rings. The Hall–Kier alpha value is -5.40. The van der Waals surface area contributed by atoms with E-state index >= 15 is 0 Å². The topological polar surface area (TPSA) is 3.24 Å². The lowest BCUT2D eigenvalue weighted by molar-refractivity contribution is 0.977. The zero-order chi connectivity index (χ0) is 36.1. The average Bonchev–Trinajstić information content (AvgIpc) is 3.16. The number of allylic oxidation sites excluding steroid dienone is 10. The molecule has 0 aliphatic heterocycles. The van der Waals surface area contributed by atoms with Crippen LogP contribution in [0.15, 0.2) is 194 Å². The molecule has 1 aliphatic rings. The molecule has 0 heterocycles. The lowest BCUT2D eigenvalue weighted by Crippen LogP contribution is -2.10. The zero-order valence-electron chi connectivity index (χ0n) is 31.1. The second-order valence-electron chi connectivity index (χ2n) is 12.5. The molecule has 0 saturated heterocycles. The molecule has 0 amide bonds. The minimum atomic E-state index is 1.02. The van der Waals surface area contributed by atoms with Crippen LogP contribution in [0.4, 0.5) is 17.1 Å². The molecular weight excluding hydrogens is 603 g/mol. The molecule has 1 aliphatic carbocycles. The van der Waals surface area contributed by atoms with E-state index in [4.69, 9.17) is 0 Å². The smallest absolute Gasteiger partial charge is 0.0540 e. The molecular formula is C49H55N. The van der Waals surface area contributed by atoms with Gasteiger partial charge in [0.25, 0.3) is 0 Å². The van der Waals surface area contributed by atoms with E-state index in [1.165, 1.54) is 50.0 Å². The number of nitrogens with zero attached hydrogens (tertiary/aromatic N) is 1. The molecule has 0 spiro atoms. The van der Waals surface area contributed by atoms with E-state index in [0.717, 1.165) is 30.5 Å². The lowest BCUT2D eigenvalue weighted by atomic mass is 9.94. The van der Waals surface area contributed by atoms with Crippen molar-refractivity contribution < 1.29 is 0 Å². The van der Waals surface area contributed by atoms with Gasteiger partial charge in [0.2, 0.25) is 0 Å². The zero-order valence-corrected chi connectivity index (χ0v) is 31.1. The number of fused-ring (bicyclic) bond motifs is 1. The van der Waals surface area contributed by atoms with Gasteiger partial charge in [-0.15, -0.1) is 0 Å². The third kappa shape index (κ3) is 12.9. The quantitative estimate of drug-likeness (QED) is 0.124. The maximum Gasteiger partial charge on any atom is 0.0540 e. The van der Waals surface area contributed by atoms with Crippen molar-refractivity contribution >= 4 is 33.4 Å². The van der Waals surface area contributed by atoms with Gasteiger partial charge in [0.1, 0.15) is 0 Å². The summed E-state index contributed by atoms with van der Waals surface area (Å²) in [6.45, 7) is 19.5. The molecule has 0 saturated carbocycles. The van der Waals surface area contributed by atoms with Gasteiger partial charge in [0.05, 0.1) is 5.69 Å². The number of anilines is 3. The fourth-order valence-corrected chi connectivity index (χ4v) is 5.17. The van der Waals surface area contributed by atoms with Crippen molar-refractivity contribution in [3.05, 3.63) is 205 Å². The Bertz CT molecular complexity index is 1880. The number of rotatable bonds is 7. The van der Waals surface area contributed by atoms with Crippen LogP contribution >= 0.6 is 0 Å². The van der Waals surface area contributed by atoms with Crippen LogP contribution < -0.4 is 4.90 Å². The van der Waals surface area contributed by atoms with Crippen LogP contribution in [0.1, 0.15) is 65.0 Å². The highest BCUT2D eigenvalue weighted by molar-refractivity contribution is 5.98. The minimum Gasteiger partial charge on any atom is -0.310 e. The SMILES string of the molecule is C/C=C\C/C(C)=C\C.C=CC(=C)C.CC1=CC=C(c2ccc(N(c3ccccc3)c3cccc4ccccc34)cc2)CC1.Cc1ccccc1. The van der Waals surface area contributed by atoms with Gasteiger partial charge in [-0.2, -0.15) is 0 Å². The van der Waals surface area contributed by atoms with E-state index in [1.807, 2.05) is 32.0 Å². The Balaban J connectivity index is 0.000000275. The van der Waals surface area contributed by atoms with Crippen molar-refractivity contribution in [3.8, 4) is 0 Å². The van der Waals surface area contributed by atoms with E-state index in [1.54, 1.807) is 6.08 Å². The van der Waals surface area contributed by atoms with Crippen LogP contribution in [-0.2, 0) is 0 Å². The highest BCUT2D eigenvalue weighted by Gasteiger charge is 2.15. The summed E-state index contributed by atoms with van der Waals surface area (Å²) < 4.78 is 0. The lowest BCUT2D eigenvalue weighted by Gasteiger charge is -2.27. The van der Waals surface area contributed by atoms with Crippen molar-refractivity contribution in [2.24, 2.45) is 0 Å². The Morgan fingerprint density at radius 3 is 1.80 bits per heavy atom. The molecule has 1 nitrogen and oxygen atoms in total. The van der Waals surface area contributed by atoms with E-state index in [0.29, 0.717) is 0 Å². The van der Waals surface area contributed by atoms with Crippen LogP contribution in [-0.4, -0.2) is 0 Å². The minimum absolute atomic E-state index is 1.02. The predicted octanol–water partition coefficient (Wildman–Crippen LogP) is 15.1. The maximum absolute atomic E-state index is 3.56. The van der Waals surface area contributed by atoms with Crippen LogP contribution in [0.3, 0.4) is 0 Å². The number of hydrogen-bond acceptors (Lipinski definition) is 1. The summed E-state index contributed by atoms with van der Waals surface area (Å²) in [5, 5.41) is 2.51. The molecule has 50 heavy (non-hydrogen) atoms. The summed E-state index contributed by atoms with van der Waals surface area (Å²) >= 11 is 0. The molecule has 0 N–H and O–H groups in total. The standard InChI is InChI=1S/C29H25N.C8H14.C7H8.C5H8/c1-22-14-16-23(17-15-22)24-18-20-27(21-19-24)30(26-10-3-2-4-11-26)29-13-7-9-25-8-5-6-12-28(25)29;1-4-6-7-8(3)5-2;1-7-5-3-2-4-6-7;1-4-5(2)3/h2-14,16,18-21H,15,17H2,1H3;4-6H,7H2,1-3H3;2-6H,1H3;4H,1-2H2,3H3/b;6-4-,8-5-;;. The van der Waals surface area contributed by atoms with Crippen LogP contribution in [0.5, 0.6) is 0 Å². The second-order valence-corrected chi connectivity index (χ2v) is 12.5. The number of benzene rings is 5. The van der Waals surface area contributed by atoms with Crippen molar-refractivity contribution in [1.82, 2.24) is 0 Å². The third-order valence-electron chi connectivity index (χ3n) is 8.33. The highest BCUT2D eigenvalue weighted by Crippen LogP contribution is 2.39. The first-order valence-electron chi connectivity index (χ1n) is 17.6. The van der Waals surface area contributed by atoms with Gasteiger partial charge in [-0.25, -0.2) is 0 Å². The summed E-state index contributed by atoms with van der Waals surface area (Å²) in [5.41, 5.74) is 11.5. The van der Waals surface area contributed by atoms with Gasteiger partial charge in [-0.3, -0.25) is 0 Å². The average molecular weight is 658 g/mol. The van der Waals surface area contributed by atoms with Crippen LogP contribution in [0, 0.1) is 6.92 Å². The van der Waals surface area contributed by atoms with Gasteiger partial charge in [0.15, 0.2) is 0 Å². The number of aryl methyl sites for hydroxylation is 1. The van der Waals surface area contributed by atoms with Crippen molar-refractivity contribution in [2.75, 3.05) is 4.90 Å². The van der Waals surface area contributed by atoms with Gasteiger partial charge in [-0.1, -0.05) is 169 Å². The molecule has 1 heteroatoms. The van der Waals surface area contributed by atoms with Gasteiger partial charge >= 0.3 is 0 Å². The van der Waals surface area contributed by atoms with Crippen molar-refractivity contribution in [1.29, 1.82) is 0 Å². The van der Waals surface area contributed by atoms with Crippen molar-refractivity contribution in [2.45, 2.75) is 60.8 Å². The molecule has 5 aromatic rings. The number of para-hydroxylation sites is 1. The van der Waals surface area contributed by atoms with Crippen LogP contribution in [0.2, 0.25) is 0 Å². The fourth-order valence-electron chi connectivity index (χ4n) is 5.17. The number of hydrogen-bond donors (Lipinski definition) is 0.